The first-order chi connectivity index (χ1) is 38.3. The molecule has 27 heteroatoms. The Balaban J connectivity index is 1.58. The third kappa shape index (κ3) is 22.1. The van der Waals surface area contributed by atoms with Crippen LogP contribution in [0.3, 0.4) is 0 Å². The summed E-state index contributed by atoms with van der Waals surface area (Å²) in [5.74, 6) is -10.8. The third-order valence-corrected chi connectivity index (χ3v) is 12.4. The van der Waals surface area contributed by atoms with Crippen molar-refractivity contribution in [2.75, 3.05) is 0 Å². The zero-order valence-corrected chi connectivity index (χ0v) is 45.1. The van der Waals surface area contributed by atoms with Gasteiger partial charge < -0.3 is 80.0 Å². The SMILES string of the molecule is CC(C)C[C@H](N)C(=O)N[C@@H](CC(N)=O)C(=O)N[C@@H](C)C(=O)N[C@@H](Cc1ccccc1)C(=O)N[C@@H](CCC(N)=O)C(=O)N[C@@H](Cc1cnc[nH]1)C(=O)N[C@@H](Cc1ccc(O)cc1)C(=O)N[C@@H](C)C(=O)N[C@@H](Cc1ccc(O)cc1)C(=O)O. The maximum Gasteiger partial charge on any atom is 0.326 e. The van der Waals surface area contributed by atoms with Crippen molar-refractivity contribution in [2.24, 2.45) is 23.1 Å². The van der Waals surface area contributed by atoms with Gasteiger partial charge in [-0.15, -0.1) is 0 Å². The molecule has 0 unspecified atom stereocenters. The predicted molar refractivity (Wildman–Crippen MR) is 290 cm³/mol. The molecule has 9 atom stereocenters. The van der Waals surface area contributed by atoms with Crippen LogP contribution >= 0.6 is 0 Å². The van der Waals surface area contributed by atoms with Crippen LogP contribution in [-0.2, 0) is 78.4 Å². The number of nitrogens with zero attached hydrogens (tertiary/aromatic N) is 1. The number of aromatic amines is 1. The molecule has 0 fully saturated rings. The van der Waals surface area contributed by atoms with Gasteiger partial charge in [-0.3, -0.25) is 47.9 Å². The molecule has 10 amide bonds. The number of rotatable bonds is 32. The second-order valence-corrected chi connectivity index (χ2v) is 19.8. The molecule has 3 aromatic carbocycles. The highest BCUT2D eigenvalue weighted by Gasteiger charge is 2.35. The lowest BCUT2D eigenvalue weighted by Crippen LogP contribution is -2.61. The van der Waals surface area contributed by atoms with E-state index in [1.165, 1.54) is 74.9 Å². The van der Waals surface area contributed by atoms with Gasteiger partial charge in [0.05, 0.1) is 18.8 Å². The molecule has 0 aliphatic rings. The highest BCUT2D eigenvalue weighted by atomic mass is 16.4. The maximum absolute atomic E-state index is 14.5. The van der Waals surface area contributed by atoms with Crippen molar-refractivity contribution in [1.82, 2.24) is 52.5 Å². The van der Waals surface area contributed by atoms with Crippen LogP contribution in [0.15, 0.2) is 91.4 Å². The average molecular weight is 1130 g/mol. The topological polar surface area (TPSA) is 451 Å². The number of carboxylic acid groups (broad SMARTS) is 1. The lowest BCUT2D eigenvalue weighted by atomic mass is 10.0. The van der Waals surface area contributed by atoms with Gasteiger partial charge in [0.2, 0.25) is 59.1 Å². The number of nitrogens with one attached hydrogen (secondary N) is 9. The summed E-state index contributed by atoms with van der Waals surface area (Å²) in [6.45, 7) is 6.20. The fourth-order valence-electron chi connectivity index (χ4n) is 8.06. The number of aliphatic carboxylic acids is 1. The van der Waals surface area contributed by atoms with Crippen LogP contribution in [0.2, 0.25) is 0 Å². The summed E-state index contributed by atoms with van der Waals surface area (Å²) in [5, 5.41) is 49.4. The summed E-state index contributed by atoms with van der Waals surface area (Å²) in [6, 6.07) is 6.57. The van der Waals surface area contributed by atoms with Crippen molar-refractivity contribution in [3.05, 3.63) is 114 Å². The van der Waals surface area contributed by atoms with Gasteiger partial charge in [-0.1, -0.05) is 68.4 Å². The Morgan fingerprint density at radius 2 is 0.901 bits per heavy atom. The largest absolute Gasteiger partial charge is 0.508 e. The first-order valence-corrected chi connectivity index (χ1v) is 25.8. The van der Waals surface area contributed by atoms with E-state index in [0.29, 0.717) is 22.4 Å². The summed E-state index contributed by atoms with van der Waals surface area (Å²) in [7, 11) is 0. The van der Waals surface area contributed by atoms with Crippen molar-refractivity contribution in [2.45, 2.75) is 133 Å². The van der Waals surface area contributed by atoms with Crippen LogP contribution in [0, 0.1) is 5.92 Å². The summed E-state index contributed by atoms with van der Waals surface area (Å²) >= 11 is 0. The zero-order chi connectivity index (χ0) is 59.9. The van der Waals surface area contributed by atoms with Gasteiger partial charge in [-0.05, 0) is 73.6 Å². The number of hydrogen-bond donors (Lipinski definition) is 15. The maximum atomic E-state index is 14.5. The predicted octanol–water partition coefficient (Wildman–Crippen LogP) is -2.39. The molecule has 1 heterocycles. The first-order valence-electron chi connectivity index (χ1n) is 25.8. The smallest absolute Gasteiger partial charge is 0.326 e. The molecule has 0 bridgehead atoms. The van der Waals surface area contributed by atoms with Gasteiger partial charge >= 0.3 is 5.97 Å². The molecular formula is C54H71N13O14. The molecular weight excluding hydrogens is 1050 g/mol. The Morgan fingerprint density at radius 1 is 0.494 bits per heavy atom. The number of H-pyrrole nitrogens is 1. The van der Waals surface area contributed by atoms with E-state index in [1.807, 2.05) is 13.8 Å². The number of amides is 10. The summed E-state index contributed by atoms with van der Waals surface area (Å²) in [5.41, 5.74) is 18.6. The number of carboxylic acids is 1. The molecule has 18 N–H and O–H groups in total. The van der Waals surface area contributed by atoms with Crippen molar-refractivity contribution >= 4 is 65.0 Å². The number of phenolic OH excluding ortho intramolecular Hbond substituents is 2. The molecule has 0 aliphatic heterocycles. The van der Waals surface area contributed by atoms with Crippen LogP contribution in [0.25, 0.3) is 0 Å². The molecule has 0 spiro atoms. The van der Waals surface area contributed by atoms with Crippen LogP contribution in [0.5, 0.6) is 11.5 Å². The van der Waals surface area contributed by atoms with Gasteiger partial charge in [-0.2, -0.15) is 0 Å². The Morgan fingerprint density at radius 3 is 1.36 bits per heavy atom. The molecule has 4 rings (SSSR count). The van der Waals surface area contributed by atoms with Crippen LogP contribution in [-0.4, -0.2) is 145 Å². The Labute approximate surface area is 466 Å². The fourth-order valence-corrected chi connectivity index (χ4v) is 8.06. The minimum absolute atomic E-state index is 0.0160. The number of carbonyl (C=O) groups is 11. The molecule has 0 aliphatic carbocycles. The highest BCUT2D eigenvalue weighted by Crippen LogP contribution is 2.15. The van der Waals surface area contributed by atoms with E-state index in [0.717, 1.165) is 0 Å². The number of phenols is 2. The number of benzene rings is 3. The molecule has 81 heavy (non-hydrogen) atoms. The lowest BCUT2D eigenvalue weighted by molar-refractivity contribution is -0.142. The fraction of sp³-hybridized carbons (Fsp3) is 0.407. The van der Waals surface area contributed by atoms with Crippen molar-refractivity contribution in [3.63, 3.8) is 0 Å². The monoisotopic (exact) mass is 1130 g/mol. The highest BCUT2D eigenvalue weighted by molar-refractivity contribution is 5.99. The average Bonchev–Trinajstić information content (AvgIpc) is 3.93. The Kier molecular flexibility index (Phi) is 24.7. The van der Waals surface area contributed by atoms with E-state index in [1.54, 1.807) is 30.3 Å². The third-order valence-electron chi connectivity index (χ3n) is 12.4. The second-order valence-electron chi connectivity index (χ2n) is 19.8. The van der Waals surface area contributed by atoms with Crippen LogP contribution < -0.4 is 59.7 Å². The Hall–Kier alpha value is -9.40. The normalized spacial score (nSPS) is 14.3. The van der Waals surface area contributed by atoms with E-state index >= 15 is 0 Å². The van der Waals surface area contributed by atoms with Gasteiger partial charge in [0.1, 0.15) is 59.8 Å². The zero-order valence-electron chi connectivity index (χ0n) is 45.1. The quantitative estimate of drug-likeness (QED) is 0.0243. The van der Waals surface area contributed by atoms with Crippen molar-refractivity contribution in [1.29, 1.82) is 0 Å². The first kappa shape index (κ1) is 64.1. The number of imidazole rings is 1. The molecule has 4 aromatic rings. The number of hydrogen-bond acceptors (Lipinski definition) is 15. The summed E-state index contributed by atoms with van der Waals surface area (Å²) in [4.78, 5) is 154. The number of aromatic nitrogens is 2. The van der Waals surface area contributed by atoms with E-state index in [-0.39, 0.29) is 49.5 Å². The number of carbonyl (C=O) groups excluding carboxylic acids is 10. The molecule has 27 nitrogen and oxygen atoms in total. The van der Waals surface area contributed by atoms with E-state index in [2.05, 4.69) is 52.5 Å². The Bertz CT molecular complexity index is 2820. The van der Waals surface area contributed by atoms with E-state index in [9.17, 15) is 68.1 Å². The van der Waals surface area contributed by atoms with Crippen molar-refractivity contribution in [3.8, 4) is 11.5 Å². The summed E-state index contributed by atoms with van der Waals surface area (Å²) < 4.78 is 0. The van der Waals surface area contributed by atoms with Gasteiger partial charge in [0, 0.05) is 44.0 Å². The molecule has 0 saturated heterocycles. The number of aromatic hydroxyl groups is 2. The number of nitrogens with two attached hydrogens (primary N) is 3. The minimum Gasteiger partial charge on any atom is -0.508 e. The van der Waals surface area contributed by atoms with E-state index in [4.69, 9.17) is 17.2 Å². The number of primary amides is 2. The summed E-state index contributed by atoms with van der Waals surface area (Å²) in [6.07, 6.45) is 0.450. The van der Waals surface area contributed by atoms with Crippen LogP contribution in [0.4, 0.5) is 0 Å². The molecule has 0 radical (unpaired) electrons. The molecule has 0 saturated carbocycles. The minimum atomic E-state index is -1.63. The molecule has 436 valence electrons. The van der Waals surface area contributed by atoms with Gasteiger partial charge in [-0.25, -0.2) is 9.78 Å². The second kappa shape index (κ2) is 31.3. The molecule has 1 aromatic heterocycles. The lowest BCUT2D eigenvalue weighted by Gasteiger charge is -2.27. The van der Waals surface area contributed by atoms with E-state index < -0.39 is 139 Å². The standard InChI is InChI=1S/C54H71N13O14/c1-28(2)20-37(55)48(74)64-42(25-45(57)71)51(77)61-29(3)46(72)63-40(21-31-8-6-5-7-9-31)52(78)62-38(18-19-44(56)70)49(75)66-41(24-34-26-58-27-59-34)53(79)65-39(22-32-10-14-35(68)15-11-32)50(76)60-30(4)47(73)67-43(54(80)81)23-33-12-16-36(69)17-13-33/h5-17,26-30,37-43,68-69H,18-25,55H2,1-4H3,(H2,56,70)(H2,57,71)(H,58,59)(H,60,76)(H,61,77)(H,62,78)(H,63,72)(H,64,74)(H,65,79)(H,66,75)(H,67,73)(H,80,81)/t29-,30-,37-,38-,39-,40-,41-,42-,43-/m0/s1. The van der Waals surface area contributed by atoms with Crippen LogP contribution in [0.1, 0.15) is 75.8 Å². The van der Waals surface area contributed by atoms with Gasteiger partial charge in [0.15, 0.2) is 0 Å². The van der Waals surface area contributed by atoms with Gasteiger partial charge in [0.25, 0.3) is 0 Å². The van der Waals surface area contributed by atoms with Crippen molar-refractivity contribution < 1.29 is 68.1 Å².